The number of hydrogen-bond acceptors (Lipinski definition) is 2. The van der Waals surface area contributed by atoms with Crippen molar-refractivity contribution < 1.29 is 4.74 Å². The molecule has 3 aromatic rings. The number of piperidine rings is 1. The van der Waals surface area contributed by atoms with E-state index in [0.717, 1.165) is 18.7 Å². The third-order valence-corrected chi connectivity index (χ3v) is 7.32. The van der Waals surface area contributed by atoms with Crippen molar-refractivity contribution >= 4 is 33.5 Å². The second-order valence-electron chi connectivity index (χ2n) is 8.30. The van der Waals surface area contributed by atoms with Crippen LogP contribution in [0.1, 0.15) is 24.5 Å². The van der Waals surface area contributed by atoms with Crippen LogP contribution in [-0.4, -0.2) is 29.0 Å². The summed E-state index contributed by atoms with van der Waals surface area (Å²) in [5, 5.41) is 1.29. The number of ether oxygens (including phenoxy) is 1. The van der Waals surface area contributed by atoms with Crippen molar-refractivity contribution in [3.63, 3.8) is 0 Å². The van der Waals surface area contributed by atoms with Crippen LogP contribution in [0.4, 0.5) is 0 Å². The molecule has 2 atom stereocenters. The highest BCUT2D eigenvalue weighted by molar-refractivity contribution is 14.1. The van der Waals surface area contributed by atoms with Gasteiger partial charge in [0.25, 0.3) is 0 Å². The largest absolute Gasteiger partial charge is 0.489 e. The number of fused-ring (bicyclic) bond motifs is 3. The smallest absolute Gasteiger partial charge is 0.120 e. The second-order valence-corrected chi connectivity index (χ2v) is 9.38. The Kier molecular flexibility index (Phi) is 5.70. The lowest BCUT2D eigenvalue weighted by Crippen LogP contribution is -2.47. The van der Waals surface area contributed by atoms with E-state index in [9.17, 15) is 0 Å². The first-order valence-electron chi connectivity index (χ1n) is 10.8. The SMILES string of the molecule is C/C=C1\CC2C=CC1N(CCc1c(I)[nH]c3ccc(OCc4ccccc4)cc13)C2. The van der Waals surface area contributed by atoms with Gasteiger partial charge in [0, 0.05) is 30.0 Å². The minimum atomic E-state index is 0.493. The average molecular weight is 510 g/mol. The maximum absolute atomic E-state index is 6.08. The summed E-state index contributed by atoms with van der Waals surface area (Å²) in [5.41, 5.74) is 5.37. The summed E-state index contributed by atoms with van der Waals surface area (Å²) in [7, 11) is 0. The molecule has 3 nitrogen and oxygen atoms in total. The molecular formula is C26H27IN2O. The lowest BCUT2D eigenvalue weighted by Gasteiger charge is -2.43. The van der Waals surface area contributed by atoms with Gasteiger partial charge in [-0.05, 0) is 77.6 Å². The van der Waals surface area contributed by atoms with Crippen LogP contribution in [0.25, 0.3) is 10.9 Å². The fraction of sp³-hybridized carbons (Fsp3) is 0.308. The number of nitrogens with one attached hydrogen (secondary N) is 1. The zero-order valence-corrected chi connectivity index (χ0v) is 19.4. The molecule has 0 saturated carbocycles. The molecule has 30 heavy (non-hydrogen) atoms. The Bertz CT molecular complexity index is 1100. The second kappa shape index (κ2) is 8.60. The van der Waals surface area contributed by atoms with Crippen LogP contribution in [0, 0.1) is 9.62 Å². The summed E-state index contributed by atoms with van der Waals surface area (Å²) in [5.74, 6) is 1.61. The molecule has 1 aliphatic carbocycles. The van der Waals surface area contributed by atoms with E-state index in [1.807, 2.05) is 6.07 Å². The van der Waals surface area contributed by atoms with E-state index in [1.54, 1.807) is 5.57 Å². The van der Waals surface area contributed by atoms with Crippen LogP contribution in [0.2, 0.25) is 0 Å². The predicted octanol–water partition coefficient (Wildman–Crippen LogP) is 6.10. The topological polar surface area (TPSA) is 28.3 Å². The van der Waals surface area contributed by atoms with Gasteiger partial charge >= 0.3 is 0 Å². The average Bonchev–Trinajstić information content (AvgIpc) is 3.11. The van der Waals surface area contributed by atoms with Crippen molar-refractivity contribution in [2.45, 2.75) is 32.4 Å². The monoisotopic (exact) mass is 510 g/mol. The molecular weight excluding hydrogens is 483 g/mol. The van der Waals surface area contributed by atoms with Gasteiger partial charge in [-0.2, -0.15) is 0 Å². The van der Waals surface area contributed by atoms with E-state index in [2.05, 4.69) is 100 Å². The molecule has 2 aromatic carbocycles. The van der Waals surface area contributed by atoms with Gasteiger partial charge in [-0.15, -0.1) is 0 Å². The van der Waals surface area contributed by atoms with Crippen LogP contribution in [-0.2, 0) is 13.0 Å². The van der Waals surface area contributed by atoms with Gasteiger partial charge in [-0.1, -0.05) is 54.1 Å². The van der Waals surface area contributed by atoms with Gasteiger partial charge in [0.15, 0.2) is 0 Å². The minimum absolute atomic E-state index is 0.493. The van der Waals surface area contributed by atoms with E-state index in [4.69, 9.17) is 4.74 Å². The Balaban J connectivity index is 1.33. The van der Waals surface area contributed by atoms with Crippen molar-refractivity contribution in [2.24, 2.45) is 5.92 Å². The van der Waals surface area contributed by atoms with Crippen molar-refractivity contribution in [3.05, 3.63) is 87.2 Å². The number of allylic oxidation sites excluding steroid dienone is 1. The van der Waals surface area contributed by atoms with E-state index in [1.165, 1.54) is 38.7 Å². The molecule has 2 unspecified atom stereocenters. The molecule has 154 valence electrons. The summed E-state index contributed by atoms with van der Waals surface area (Å²) in [6.07, 6.45) is 9.43. The fourth-order valence-corrected chi connectivity index (χ4v) is 5.67. The van der Waals surface area contributed by atoms with E-state index >= 15 is 0 Å². The number of halogens is 1. The summed E-state index contributed by atoms with van der Waals surface area (Å²) in [4.78, 5) is 6.20. The minimum Gasteiger partial charge on any atom is -0.489 e. The molecule has 3 heterocycles. The Morgan fingerprint density at radius 3 is 2.83 bits per heavy atom. The Morgan fingerprint density at radius 2 is 2.03 bits per heavy atom. The van der Waals surface area contributed by atoms with Gasteiger partial charge in [-0.25, -0.2) is 0 Å². The Labute approximate surface area is 192 Å². The van der Waals surface area contributed by atoms with Crippen LogP contribution in [0.3, 0.4) is 0 Å². The fourth-order valence-electron chi connectivity index (χ4n) is 4.82. The number of aromatic nitrogens is 1. The number of aromatic amines is 1. The molecule has 1 fully saturated rings. The van der Waals surface area contributed by atoms with Gasteiger partial charge in [0.2, 0.25) is 0 Å². The molecule has 2 bridgehead atoms. The van der Waals surface area contributed by atoms with Crippen molar-refractivity contribution in [3.8, 4) is 5.75 Å². The maximum Gasteiger partial charge on any atom is 0.120 e. The summed E-state index contributed by atoms with van der Waals surface area (Å²) < 4.78 is 7.33. The summed E-state index contributed by atoms with van der Waals surface area (Å²) in [6, 6.07) is 17.2. The molecule has 2 aliphatic heterocycles. The number of benzene rings is 2. The molecule has 0 amide bonds. The van der Waals surface area contributed by atoms with Crippen molar-refractivity contribution in [1.82, 2.24) is 9.88 Å². The Hall–Kier alpha value is -2.05. The first-order valence-corrected chi connectivity index (χ1v) is 11.8. The Morgan fingerprint density at radius 1 is 1.17 bits per heavy atom. The summed E-state index contributed by atoms with van der Waals surface area (Å²) in [6.45, 7) is 5.05. The third kappa shape index (κ3) is 3.95. The van der Waals surface area contributed by atoms with E-state index < -0.39 is 0 Å². The lowest BCUT2D eigenvalue weighted by molar-refractivity contribution is 0.181. The third-order valence-electron chi connectivity index (χ3n) is 6.40. The highest BCUT2D eigenvalue weighted by Crippen LogP contribution is 2.35. The van der Waals surface area contributed by atoms with Gasteiger partial charge in [0.05, 0.1) is 3.70 Å². The lowest BCUT2D eigenvalue weighted by atomic mass is 9.81. The molecule has 1 saturated heterocycles. The maximum atomic E-state index is 6.08. The highest BCUT2D eigenvalue weighted by atomic mass is 127. The van der Waals surface area contributed by atoms with Crippen LogP contribution >= 0.6 is 22.6 Å². The molecule has 4 heteroatoms. The summed E-state index contributed by atoms with van der Waals surface area (Å²) >= 11 is 2.44. The van der Waals surface area contributed by atoms with Gasteiger partial charge in [0.1, 0.15) is 12.4 Å². The van der Waals surface area contributed by atoms with Crippen LogP contribution in [0.15, 0.2) is 72.3 Å². The number of rotatable bonds is 6. The first-order chi connectivity index (χ1) is 14.7. The molecule has 1 aromatic heterocycles. The van der Waals surface area contributed by atoms with Gasteiger partial charge < -0.3 is 9.72 Å². The molecule has 0 radical (unpaired) electrons. The number of H-pyrrole nitrogens is 1. The number of hydrogen-bond donors (Lipinski definition) is 1. The zero-order valence-electron chi connectivity index (χ0n) is 17.3. The predicted molar refractivity (Wildman–Crippen MR) is 132 cm³/mol. The van der Waals surface area contributed by atoms with Crippen LogP contribution in [0.5, 0.6) is 5.75 Å². The first kappa shape index (κ1) is 19.9. The molecule has 6 rings (SSSR count). The number of nitrogens with zero attached hydrogens (tertiary/aromatic N) is 1. The molecule has 3 aliphatic rings. The molecule has 1 N–H and O–H groups in total. The zero-order chi connectivity index (χ0) is 20.5. The van der Waals surface area contributed by atoms with Crippen LogP contribution < -0.4 is 4.74 Å². The van der Waals surface area contributed by atoms with E-state index in [-0.39, 0.29) is 0 Å². The van der Waals surface area contributed by atoms with Crippen molar-refractivity contribution in [2.75, 3.05) is 13.1 Å². The normalized spacial score (nSPS) is 22.3. The standard InChI is InChI=1S/C26H27IN2O/c1-2-20-14-19-8-11-25(20)29(16-19)13-12-22-23-15-21(9-10-24(23)28-26(22)27)30-17-18-6-4-3-5-7-18/h2-11,15,19,25,28H,12-14,16-17H2,1H3/b20-2+. The van der Waals surface area contributed by atoms with Gasteiger partial charge in [-0.3, -0.25) is 4.90 Å². The van der Waals surface area contributed by atoms with E-state index in [0.29, 0.717) is 18.6 Å². The highest BCUT2D eigenvalue weighted by Gasteiger charge is 2.32. The van der Waals surface area contributed by atoms with Crippen molar-refractivity contribution in [1.29, 1.82) is 0 Å². The quantitative estimate of drug-likeness (QED) is 0.321. The molecule has 0 spiro atoms.